The molecule has 106 valence electrons. The van der Waals surface area contributed by atoms with Gasteiger partial charge in [0.15, 0.2) is 0 Å². The molecule has 20 heavy (non-hydrogen) atoms. The molecule has 1 aromatic heterocycles. The van der Waals surface area contributed by atoms with E-state index in [-0.39, 0.29) is 10.7 Å². The molecule has 1 atom stereocenters. The summed E-state index contributed by atoms with van der Waals surface area (Å²) in [4.78, 5) is 3.32. The number of rotatable bonds is 2. The Hall–Kier alpha value is -1.59. The van der Waals surface area contributed by atoms with Crippen molar-refractivity contribution in [1.82, 2.24) is 4.98 Å². The predicted octanol–water partition coefficient (Wildman–Crippen LogP) is 4.01. The van der Waals surface area contributed by atoms with Crippen LogP contribution in [0.5, 0.6) is 0 Å². The van der Waals surface area contributed by atoms with Crippen LogP contribution in [0.4, 0.5) is 13.2 Å². The first kappa shape index (κ1) is 14.8. The maximum atomic E-state index is 12.5. The van der Waals surface area contributed by atoms with E-state index in [0.29, 0.717) is 5.56 Å². The van der Waals surface area contributed by atoms with Crippen LogP contribution in [0, 0.1) is 0 Å². The number of benzene rings is 1. The summed E-state index contributed by atoms with van der Waals surface area (Å²) >= 11 is 5.80. The van der Waals surface area contributed by atoms with E-state index in [9.17, 15) is 18.3 Å². The molecular formula is C14H11ClF3NO. The van der Waals surface area contributed by atoms with Gasteiger partial charge in [0.25, 0.3) is 0 Å². The summed E-state index contributed by atoms with van der Waals surface area (Å²) in [6, 6.07) is 10.5. The first-order chi connectivity index (χ1) is 9.23. The van der Waals surface area contributed by atoms with Crippen LogP contribution < -0.4 is 0 Å². The molecule has 0 spiro atoms. The lowest BCUT2D eigenvalue weighted by Crippen LogP contribution is -2.24. The quantitative estimate of drug-likeness (QED) is 0.850. The molecule has 1 unspecified atom stereocenters. The normalized spacial score (nSPS) is 14.9. The molecular weight excluding hydrogens is 291 g/mol. The second-order valence-corrected chi connectivity index (χ2v) is 4.83. The maximum absolute atomic E-state index is 12.5. The molecule has 0 bridgehead atoms. The van der Waals surface area contributed by atoms with Crippen LogP contribution in [0.15, 0.2) is 42.5 Å². The zero-order chi connectivity index (χ0) is 15.0. The second kappa shape index (κ2) is 5.07. The van der Waals surface area contributed by atoms with Crippen LogP contribution >= 0.6 is 11.6 Å². The molecule has 0 saturated carbocycles. The van der Waals surface area contributed by atoms with E-state index in [1.165, 1.54) is 6.92 Å². The van der Waals surface area contributed by atoms with E-state index in [2.05, 4.69) is 4.98 Å². The zero-order valence-corrected chi connectivity index (χ0v) is 11.2. The van der Waals surface area contributed by atoms with Crippen molar-refractivity contribution < 1.29 is 18.3 Å². The third kappa shape index (κ3) is 2.78. The Bertz CT molecular complexity index is 612. The number of aromatic nitrogens is 1. The summed E-state index contributed by atoms with van der Waals surface area (Å²) in [6.45, 7) is 1.46. The van der Waals surface area contributed by atoms with E-state index in [1.807, 2.05) is 0 Å². The Morgan fingerprint density at radius 2 is 1.65 bits per heavy atom. The molecule has 0 amide bonds. The topological polar surface area (TPSA) is 33.1 Å². The molecule has 2 nitrogen and oxygen atoms in total. The van der Waals surface area contributed by atoms with E-state index in [1.54, 1.807) is 30.3 Å². The number of aliphatic hydroxyl groups is 1. The zero-order valence-electron chi connectivity index (χ0n) is 10.4. The van der Waals surface area contributed by atoms with Gasteiger partial charge in [-0.1, -0.05) is 48.0 Å². The molecule has 1 aromatic carbocycles. The minimum atomic E-state index is -4.57. The largest absolute Gasteiger partial charge is 0.433 e. The van der Waals surface area contributed by atoms with Gasteiger partial charge in [0.05, 0.1) is 0 Å². The van der Waals surface area contributed by atoms with Gasteiger partial charge in [-0.05, 0) is 18.6 Å². The highest BCUT2D eigenvalue weighted by molar-refractivity contribution is 6.30. The van der Waals surface area contributed by atoms with Crippen molar-refractivity contribution in [1.29, 1.82) is 0 Å². The van der Waals surface area contributed by atoms with Crippen LogP contribution in [0.3, 0.4) is 0 Å². The molecule has 2 aromatic rings. The van der Waals surface area contributed by atoms with Crippen LogP contribution in [-0.4, -0.2) is 10.1 Å². The third-order valence-corrected chi connectivity index (χ3v) is 3.29. The molecule has 0 aliphatic rings. The predicted molar refractivity (Wildman–Crippen MR) is 69.4 cm³/mol. The Morgan fingerprint density at radius 1 is 1.05 bits per heavy atom. The Balaban J connectivity index is 2.48. The molecule has 2 rings (SSSR count). The van der Waals surface area contributed by atoms with Gasteiger partial charge in [0, 0.05) is 5.56 Å². The molecule has 0 fully saturated rings. The van der Waals surface area contributed by atoms with E-state index >= 15 is 0 Å². The lowest BCUT2D eigenvalue weighted by molar-refractivity contribution is -0.141. The Labute approximate surface area is 118 Å². The van der Waals surface area contributed by atoms with Gasteiger partial charge < -0.3 is 5.11 Å². The Kier molecular flexibility index (Phi) is 3.75. The van der Waals surface area contributed by atoms with Gasteiger partial charge in [-0.25, -0.2) is 4.98 Å². The standard InChI is InChI=1S/C14H11ClF3NO/c1-13(20,9-5-3-2-4-6-9)10-7-8-11(14(16,17)18)19-12(10)15/h2-8,20H,1H3. The molecule has 0 saturated heterocycles. The highest BCUT2D eigenvalue weighted by atomic mass is 35.5. The first-order valence-corrected chi connectivity index (χ1v) is 6.13. The molecule has 0 radical (unpaired) electrons. The number of alkyl halides is 3. The van der Waals surface area contributed by atoms with Gasteiger partial charge in [0.2, 0.25) is 0 Å². The molecule has 0 aliphatic heterocycles. The van der Waals surface area contributed by atoms with Crippen molar-refractivity contribution >= 4 is 11.6 Å². The molecule has 0 aliphatic carbocycles. The average Bonchev–Trinajstić information content (AvgIpc) is 2.38. The van der Waals surface area contributed by atoms with Crippen LogP contribution in [0.1, 0.15) is 23.7 Å². The summed E-state index contributed by atoms with van der Waals surface area (Å²) in [6.07, 6.45) is -4.57. The van der Waals surface area contributed by atoms with Crippen molar-refractivity contribution in [3.05, 3.63) is 64.4 Å². The highest BCUT2D eigenvalue weighted by Crippen LogP contribution is 2.35. The third-order valence-electron chi connectivity index (χ3n) is 3.00. The molecule has 1 heterocycles. The highest BCUT2D eigenvalue weighted by Gasteiger charge is 2.35. The molecule has 1 N–H and O–H groups in total. The maximum Gasteiger partial charge on any atom is 0.433 e. The number of pyridine rings is 1. The van der Waals surface area contributed by atoms with Crippen LogP contribution in [-0.2, 0) is 11.8 Å². The summed E-state index contributed by atoms with van der Waals surface area (Å²) < 4.78 is 37.6. The van der Waals surface area contributed by atoms with Crippen LogP contribution in [0.25, 0.3) is 0 Å². The summed E-state index contributed by atoms with van der Waals surface area (Å²) in [7, 11) is 0. The number of nitrogens with zero attached hydrogens (tertiary/aromatic N) is 1. The number of hydrogen-bond acceptors (Lipinski definition) is 2. The lowest BCUT2D eigenvalue weighted by atomic mass is 9.89. The van der Waals surface area contributed by atoms with Gasteiger partial charge in [-0.2, -0.15) is 13.2 Å². The Morgan fingerprint density at radius 3 is 2.15 bits per heavy atom. The van der Waals surface area contributed by atoms with Crippen molar-refractivity contribution in [3.63, 3.8) is 0 Å². The number of hydrogen-bond donors (Lipinski definition) is 1. The van der Waals surface area contributed by atoms with Gasteiger partial charge >= 0.3 is 6.18 Å². The minimum Gasteiger partial charge on any atom is -0.381 e. The minimum absolute atomic E-state index is 0.123. The fraction of sp³-hybridized carbons (Fsp3) is 0.214. The number of halogens is 4. The van der Waals surface area contributed by atoms with Crippen LogP contribution in [0.2, 0.25) is 5.15 Å². The van der Waals surface area contributed by atoms with E-state index < -0.39 is 17.5 Å². The van der Waals surface area contributed by atoms with Crippen molar-refractivity contribution in [3.8, 4) is 0 Å². The van der Waals surface area contributed by atoms with Crippen molar-refractivity contribution in [2.75, 3.05) is 0 Å². The van der Waals surface area contributed by atoms with E-state index in [0.717, 1.165) is 12.1 Å². The second-order valence-electron chi connectivity index (χ2n) is 4.47. The summed E-state index contributed by atoms with van der Waals surface area (Å²) in [5.41, 5.74) is -1.97. The van der Waals surface area contributed by atoms with Gasteiger partial charge in [0.1, 0.15) is 16.4 Å². The van der Waals surface area contributed by atoms with Crippen molar-refractivity contribution in [2.24, 2.45) is 0 Å². The smallest absolute Gasteiger partial charge is 0.381 e. The molecule has 6 heteroatoms. The van der Waals surface area contributed by atoms with E-state index in [4.69, 9.17) is 11.6 Å². The average molecular weight is 302 g/mol. The monoisotopic (exact) mass is 301 g/mol. The summed E-state index contributed by atoms with van der Waals surface area (Å²) in [5, 5.41) is 10.2. The van der Waals surface area contributed by atoms with Crippen molar-refractivity contribution in [2.45, 2.75) is 18.7 Å². The van der Waals surface area contributed by atoms with Gasteiger partial charge in [-0.15, -0.1) is 0 Å². The SMILES string of the molecule is CC(O)(c1ccccc1)c1ccc(C(F)(F)F)nc1Cl. The fourth-order valence-corrected chi connectivity index (χ4v) is 2.21. The first-order valence-electron chi connectivity index (χ1n) is 5.75. The fourth-order valence-electron chi connectivity index (χ4n) is 1.87. The summed E-state index contributed by atoms with van der Waals surface area (Å²) in [5.74, 6) is 0. The van der Waals surface area contributed by atoms with Gasteiger partial charge in [-0.3, -0.25) is 0 Å². The lowest BCUT2D eigenvalue weighted by Gasteiger charge is -2.25.